The number of carboxylic acids is 1. The summed E-state index contributed by atoms with van der Waals surface area (Å²) in [6, 6.07) is 11.1. The van der Waals surface area contributed by atoms with Gasteiger partial charge in [0.25, 0.3) is 0 Å². The molecule has 0 radical (unpaired) electrons. The molecule has 0 spiro atoms. The zero-order chi connectivity index (χ0) is 14.7. The predicted octanol–water partition coefficient (Wildman–Crippen LogP) is 2.28. The molecule has 2 aromatic carbocycles. The minimum Gasteiger partial charge on any atom is -0.480 e. The molecule has 1 amide bonds. The molecule has 20 heavy (non-hydrogen) atoms. The van der Waals surface area contributed by atoms with Crippen LogP contribution in [0.1, 0.15) is 18.1 Å². The number of amides is 1. The lowest BCUT2D eigenvalue weighted by Gasteiger charge is -2.13. The highest BCUT2D eigenvalue weighted by atomic mass is 16.4. The van der Waals surface area contributed by atoms with Crippen molar-refractivity contribution in [2.75, 3.05) is 0 Å². The summed E-state index contributed by atoms with van der Waals surface area (Å²) in [5.74, 6) is -1.36. The first-order chi connectivity index (χ1) is 9.45. The number of carbonyl (C=O) groups is 2. The molecule has 2 rings (SSSR count). The highest BCUT2D eigenvalue weighted by Gasteiger charge is 2.18. The number of hydrogen-bond donors (Lipinski definition) is 2. The van der Waals surface area contributed by atoms with Crippen LogP contribution in [0.4, 0.5) is 0 Å². The lowest BCUT2D eigenvalue weighted by atomic mass is 10.0. The smallest absolute Gasteiger partial charge is 0.326 e. The van der Waals surface area contributed by atoms with Crippen LogP contribution in [0.5, 0.6) is 0 Å². The second kappa shape index (κ2) is 5.74. The molecule has 0 heterocycles. The molecule has 2 aromatic rings. The molecule has 0 aliphatic rings. The summed E-state index contributed by atoms with van der Waals surface area (Å²) in [6.45, 7) is 3.35. The van der Waals surface area contributed by atoms with Crippen molar-refractivity contribution in [3.8, 4) is 0 Å². The van der Waals surface area contributed by atoms with E-state index in [1.807, 2.05) is 37.3 Å². The fourth-order valence-corrected chi connectivity index (χ4v) is 2.22. The number of aryl methyl sites for hydroxylation is 1. The monoisotopic (exact) mass is 271 g/mol. The van der Waals surface area contributed by atoms with Gasteiger partial charge in [-0.2, -0.15) is 0 Å². The Hall–Kier alpha value is -2.36. The lowest BCUT2D eigenvalue weighted by Crippen LogP contribution is -2.41. The summed E-state index contributed by atoms with van der Waals surface area (Å²) >= 11 is 0. The highest BCUT2D eigenvalue weighted by molar-refractivity contribution is 5.85. The molecular weight excluding hydrogens is 254 g/mol. The molecule has 0 saturated carbocycles. The van der Waals surface area contributed by atoms with Crippen molar-refractivity contribution in [1.29, 1.82) is 0 Å². The van der Waals surface area contributed by atoms with E-state index in [2.05, 4.69) is 11.4 Å². The fourth-order valence-electron chi connectivity index (χ4n) is 2.22. The van der Waals surface area contributed by atoms with Gasteiger partial charge in [0.1, 0.15) is 6.04 Å². The van der Waals surface area contributed by atoms with Crippen LogP contribution in [0.15, 0.2) is 36.4 Å². The minimum absolute atomic E-state index is 0.277. The van der Waals surface area contributed by atoms with Gasteiger partial charge < -0.3 is 10.4 Å². The van der Waals surface area contributed by atoms with E-state index in [9.17, 15) is 9.59 Å². The van der Waals surface area contributed by atoms with Crippen LogP contribution < -0.4 is 5.32 Å². The normalized spacial score (nSPS) is 12.1. The molecule has 0 fully saturated rings. The zero-order valence-electron chi connectivity index (χ0n) is 11.5. The number of fused-ring (bicyclic) bond motifs is 1. The Bertz CT molecular complexity index is 664. The van der Waals surface area contributed by atoms with Crippen LogP contribution >= 0.6 is 0 Å². The maximum absolute atomic E-state index is 11.1. The predicted molar refractivity (Wildman–Crippen MR) is 77.6 cm³/mol. The average Bonchev–Trinajstić information content (AvgIpc) is 2.37. The number of benzene rings is 2. The van der Waals surface area contributed by atoms with E-state index < -0.39 is 12.0 Å². The summed E-state index contributed by atoms with van der Waals surface area (Å²) < 4.78 is 0. The number of rotatable bonds is 4. The van der Waals surface area contributed by atoms with Gasteiger partial charge in [0.2, 0.25) is 5.91 Å². The van der Waals surface area contributed by atoms with E-state index in [0.717, 1.165) is 16.3 Å². The molecule has 0 saturated heterocycles. The topological polar surface area (TPSA) is 66.4 Å². The Morgan fingerprint density at radius 2 is 1.80 bits per heavy atom. The molecule has 0 bridgehead atoms. The van der Waals surface area contributed by atoms with Crippen molar-refractivity contribution < 1.29 is 14.7 Å². The summed E-state index contributed by atoms with van der Waals surface area (Å²) in [5, 5.41) is 13.8. The van der Waals surface area contributed by atoms with E-state index in [1.165, 1.54) is 12.5 Å². The van der Waals surface area contributed by atoms with Gasteiger partial charge in [-0.25, -0.2) is 4.79 Å². The average molecular weight is 271 g/mol. The Morgan fingerprint density at radius 3 is 2.45 bits per heavy atom. The van der Waals surface area contributed by atoms with Crippen molar-refractivity contribution in [1.82, 2.24) is 5.32 Å². The van der Waals surface area contributed by atoms with E-state index in [4.69, 9.17) is 5.11 Å². The van der Waals surface area contributed by atoms with Crippen LogP contribution in [0, 0.1) is 6.92 Å². The Kier molecular flexibility index (Phi) is 4.03. The van der Waals surface area contributed by atoms with Crippen molar-refractivity contribution >= 4 is 22.6 Å². The van der Waals surface area contributed by atoms with Gasteiger partial charge in [-0.15, -0.1) is 0 Å². The summed E-state index contributed by atoms with van der Waals surface area (Å²) in [5.41, 5.74) is 2.08. The summed E-state index contributed by atoms with van der Waals surface area (Å²) in [7, 11) is 0. The van der Waals surface area contributed by atoms with Gasteiger partial charge in [-0.05, 0) is 23.3 Å². The molecule has 0 aromatic heterocycles. The van der Waals surface area contributed by atoms with Crippen molar-refractivity contribution in [3.63, 3.8) is 0 Å². The number of carboxylic acid groups (broad SMARTS) is 1. The molecular formula is C16H17NO3. The Labute approximate surface area is 117 Å². The molecule has 0 aliphatic heterocycles. The van der Waals surface area contributed by atoms with Crippen LogP contribution in [0.25, 0.3) is 10.8 Å². The van der Waals surface area contributed by atoms with Crippen LogP contribution in [0.3, 0.4) is 0 Å². The second-order valence-corrected chi connectivity index (χ2v) is 4.98. The molecule has 0 unspecified atom stereocenters. The van der Waals surface area contributed by atoms with Crippen LogP contribution in [-0.4, -0.2) is 23.0 Å². The zero-order valence-corrected chi connectivity index (χ0v) is 11.5. The summed E-state index contributed by atoms with van der Waals surface area (Å²) in [4.78, 5) is 22.2. The van der Waals surface area contributed by atoms with Crippen molar-refractivity contribution in [3.05, 3.63) is 47.5 Å². The van der Waals surface area contributed by atoms with Gasteiger partial charge in [0.15, 0.2) is 0 Å². The van der Waals surface area contributed by atoms with Crippen LogP contribution in [-0.2, 0) is 16.0 Å². The van der Waals surface area contributed by atoms with Gasteiger partial charge in [0.05, 0.1) is 0 Å². The first-order valence-corrected chi connectivity index (χ1v) is 6.45. The highest BCUT2D eigenvalue weighted by Crippen LogP contribution is 2.18. The lowest BCUT2D eigenvalue weighted by molar-refractivity contribution is -0.141. The van der Waals surface area contributed by atoms with E-state index in [0.29, 0.717) is 0 Å². The maximum atomic E-state index is 11.1. The van der Waals surface area contributed by atoms with Gasteiger partial charge in [0, 0.05) is 13.3 Å². The van der Waals surface area contributed by atoms with Crippen molar-refractivity contribution in [2.45, 2.75) is 26.3 Å². The second-order valence-electron chi connectivity index (χ2n) is 4.98. The fraction of sp³-hybridized carbons (Fsp3) is 0.250. The molecule has 4 heteroatoms. The quantitative estimate of drug-likeness (QED) is 0.896. The standard InChI is InChI=1S/C16H17NO3/c1-10-3-5-14-8-12(4-6-13(14)7-10)9-15(16(19)20)17-11(2)18/h3-8,15H,9H2,1-2H3,(H,17,18)(H,19,20)/t15-/m0/s1. The van der Waals surface area contributed by atoms with E-state index in [-0.39, 0.29) is 12.3 Å². The van der Waals surface area contributed by atoms with Gasteiger partial charge in [-0.3, -0.25) is 4.79 Å². The number of hydrogen-bond acceptors (Lipinski definition) is 2. The molecule has 0 aliphatic carbocycles. The third-order valence-electron chi connectivity index (χ3n) is 3.18. The number of nitrogens with one attached hydrogen (secondary N) is 1. The van der Waals surface area contributed by atoms with E-state index >= 15 is 0 Å². The molecule has 1 atom stereocenters. The summed E-state index contributed by atoms with van der Waals surface area (Å²) in [6.07, 6.45) is 0.277. The third-order valence-corrected chi connectivity index (χ3v) is 3.18. The van der Waals surface area contributed by atoms with Crippen LogP contribution in [0.2, 0.25) is 0 Å². The van der Waals surface area contributed by atoms with Gasteiger partial charge in [-0.1, -0.05) is 42.0 Å². The number of aliphatic carboxylic acids is 1. The molecule has 104 valence electrons. The largest absolute Gasteiger partial charge is 0.480 e. The minimum atomic E-state index is -1.02. The maximum Gasteiger partial charge on any atom is 0.326 e. The third kappa shape index (κ3) is 3.35. The Balaban J connectivity index is 2.26. The first kappa shape index (κ1) is 14.1. The number of carbonyl (C=O) groups excluding carboxylic acids is 1. The molecule has 4 nitrogen and oxygen atoms in total. The Morgan fingerprint density at radius 1 is 1.15 bits per heavy atom. The molecule has 2 N–H and O–H groups in total. The first-order valence-electron chi connectivity index (χ1n) is 6.45. The van der Waals surface area contributed by atoms with Crippen molar-refractivity contribution in [2.24, 2.45) is 0 Å². The van der Waals surface area contributed by atoms with E-state index in [1.54, 1.807) is 0 Å². The van der Waals surface area contributed by atoms with Gasteiger partial charge >= 0.3 is 5.97 Å². The SMILES string of the molecule is CC(=O)N[C@@H](Cc1ccc2cc(C)ccc2c1)C(=O)O.